The van der Waals surface area contributed by atoms with Gasteiger partial charge in [0, 0.05) is 6.92 Å². The molecule has 0 radical (unpaired) electrons. The van der Waals surface area contributed by atoms with Gasteiger partial charge in [-0.2, -0.15) is 0 Å². The molecule has 0 saturated carbocycles. The molecule has 1 aromatic rings. The molecule has 1 atom stereocenters. The topological polar surface area (TPSA) is 70.7 Å². The molecule has 2 rings (SSSR count). The lowest BCUT2D eigenvalue weighted by atomic mass is 10.3. The molecule has 102 valence electrons. The van der Waals surface area contributed by atoms with Crippen molar-refractivity contribution in [2.75, 3.05) is 18.5 Å². The average Bonchev–Trinajstić information content (AvgIpc) is 2.68. The summed E-state index contributed by atoms with van der Waals surface area (Å²) in [6, 6.07) is 5.76. The second-order valence-corrected chi connectivity index (χ2v) is 4.18. The molecular weight excluding hydrogens is 253 g/mol. The van der Waals surface area contributed by atoms with E-state index in [-0.39, 0.29) is 19.0 Å². The quantitative estimate of drug-likeness (QED) is 0.857. The number of amides is 2. The second-order valence-electron chi connectivity index (χ2n) is 4.18. The Morgan fingerprint density at radius 1 is 1.58 bits per heavy atom. The van der Waals surface area contributed by atoms with Gasteiger partial charge in [0.15, 0.2) is 0 Å². The number of nitrogens with one attached hydrogen (secondary N) is 2. The molecule has 1 heterocycles. The lowest BCUT2D eigenvalue weighted by Gasteiger charge is -2.15. The van der Waals surface area contributed by atoms with Crippen LogP contribution in [0.15, 0.2) is 24.3 Å². The van der Waals surface area contributed by atoms with E-state index in [1.54, 1.807) is 6.07 Å². The van der Waals surface area contributed by atoms with E-state index in [9.17, 15) is 14.0 Å². The van der Waals surface area contributed by atoms with E-state index in [2.05, 4.69) is 10.7 Å². The minimum atomic E-state index is -0.556. The molecule has 0 bridgehead atoms. The summed E-state index contributed by atoms with van der Waals surface area (Å²) >= 11 is 0. The van der Waals surface area contributed by atoms with Gasteiger partial charge in [-0.05, 0) is 18.2 Å². The van der Waals surface area contributed by atoms with Crippen LogP contribution < -0.4 is 10.7 Å². The number of rotatable bonds is 4. The zero-order chi connectivity index (χ0) is 13.8. The molecule has 2 amide bonds. The van der Waals surface area contributed by atoms with Gasteiger partial charge in [0.2, 0.25) is 5.91 Å². The van der Waals surface area contributed by atoms with Gasteiger partial charge in [0.1, 0.15) is 11.9 Å². The van der Waals surface area contributed by atoms with E-state index in [0.29, 0.717) is 5.69 Å². The number of hydrogen-bond acceptors (Lipinski definition) is 4. The highest BCUT2D eigenvalue weighted by molar-refractivity contribution is 5.74. The molecule has 1 aliphatic heterocycles. The van der Waals surface area contributed by atoms with Crippen molar-refractivity contribution >= 4 is 17.7 Å². The van der Waals surface area contributed by atoms with Gasteiger partial charge in [-0.15, -0.1) is 0 Å². The molecule has 1 fully saturated rings. The summed E-state index contributed by atoms with van der Waals surface area (Å²) in [5.74, 6) is -0.583. The number of ether oxygens (including phenoxy) is 1. The van der Waals surface area contributed by atoms with Crippen LogP contribution in [0, 0.1) is 5.82 Å². The maximum absolute atomic E-state index is 13.0. The fraction of sp³-hybridized carbons (Fsp3) is 0.333. The summed E-state index contributed by atoms with van der Waals surface area (Å²) in [5, 5.41) is 3.81. The minimum absolute atomic E-state index is 0.187. The minimum Gasteiger partial charge on any atom is -0.441 e. The Kier molecular flexibility index (Phi) is 3.84. The predicted octanol–water partition coefficient (Wildman–Crippen LogP) is 1.11. The number of hydrazine groups is 1. The van der Waals surface area contributed by atoms with Crippen molar-refractivity contribution in [3.63, 3.8) is 0 Å². The van der Waals surface area contributed by atoms with E-state index in [4.69, 9.17) is 4.74 Å². The van der Waals surface area contributed by atoms with E-state index in [1.807, 2.05) is 0 Å². The van der Waals surface area contributed by atoms with Crippen molar-refractivity contribution in [2.45, 2.75) is 13.0 Å². The highest BCUT2D eigenvalue weighted by Crippen LogP contribution is 2.15. The van der Waals surface area contributed by atoms with Crippen LogP contribution in [0.25, 0.3) is 0 Å². The van der Waals surface area contributed by atoms with Crippen LogP contribution in [0.2, 0.25) is 0 Å². The predicted molar refractivity (Wildman–Crippen MR) is 65.7 cm³/mol. The van der Waals surface area contributed by atoms with Crippen LogP contribution in [-0.4, -0.2) is 36.2 Å². The van der Waals surface area contributed by atoms with Crippen LogP contribution in [0.4, 0.5) is 14.9 Å². The van der Waals surface area contributed by atoms with Crippen molar-refractivity contribution in [3.05, 3.63) is 30.1 Å². The van der Waals surface area contributed by atoms with Crippen LogP contribution in [0.5, 0.6) is 0 Å². The summed E-state index contributed by atoms with van der Waals surface area (Å²) in [4.78, 5) is 22.3. The molecule has 1 aromatic carbocycles. The maximum atomic E-state index is 13.0. The smallest absolute Gasteiger partial charge is 0.429 e. The van der Waals surface area contributed by atoms with Crippen molar-refractivity contribution in [1.82, 2.24) is 10.3 Å². The molecule has 0 unspecified atom stereocenters. The Labute approximate surface area is 109 Å². The summed E-state index contributed by atoms with van der Waals surface area (Å²) in [6.07, 6.45) is -0.975. The Morgan fingerprint density at radius 3 is 3.05 bits per heavy atom. The van der Waals surface area contributed by atoms with E-state index < -0.39 is 18.0 Å². The van der Waals surface area contributed by atoms with Gasteiger partial charge in [0.25, 0.3) is 0 Å². The first-order valence-corrected chi connectivity index (χ1v) is 5.79. The van der Waals surface area contributed by atoms with Gasteiger partial charge in [-0.1, -0.05) is 6.07 Å². The van der Waals surface area contributed by atoms with Gasteiger partial charge in [-0.25, -0.2) is 14.2 Å². The molecule has 1 saturated heterocycles. The Morgan fingerprint density at radius 2 is 2.37 bits per heavy atom. The zero-order valence-corrected chi connectivity index (χ0v) is 10.4. The third-order valence-corrected chi connectivity index (χ3v) is 2.54. The molecular formula is C12H14FN3O3. The van der Waals surface area contributed by atoms with Crippen LogP contribution in [0.1, 0.15) is 6.92 Å². The lowest BCUT2D eigenvalue weighted by Crippen LogP contribution is -2.35. The van der Waals surface area contributed by atoms with Crippen LogP contribution in [0.3, 0.4) is 0 Å². The molecule has 0 aromatic heterocycles. The number of nitrogens with zero attached hydrogens (tertiary/aromatic N) is 1. The summed E-state index contributed by atoms with van der Waals surface area (Å²) in [7, 11) is 0. The Balaban J connectivity index is 1.91. The van der Waals surface area contributed by atoms with Crippen LogP contribution >= 0.6 is 0 Å². The van der Waals surface area contributed by atoms with Crippen molar-refractivity contribution in [3.8, 4) is 0 Å². The standard InChI is InChI=1S/C12H14FN3O3/c1-8(17)14-6-11-7-16(12(18)19-11)15-10-4-2-3-9(13)5-10/h2-5,11,15H,6-7H2,1H3,(H,14,17)/t11-/m0/s1. The number of carbonyl (C=O) groups is 2. The summed E-state index contributed by atoms with van der Waals surface area (Å²) < 4.78 is 18.0. The van der Waals surface area contributed by atoms with Crippen molar-refractivity contribution in [2.24, 2.45) is 0 Å². The first-order valence-electron chi connectivity index (χ1n) is 5.79. The Hall–Kier alpha value is -2.31. The second kappa shape index (κ2) is 5.55. The zero-order valence-electron chi connectivity index (χ0n) is 10.4. The van der Waals surface area contributed by atoms with Gasteiger partial charge in [-0.3, -0.25) is 10.2 Å². The monoisotopic (exact) mass is 267 g/mol. The van der Waals surface area contributed by atoms with Crippen LogP contribution in [-0.2, 0) is 9.53 Å². The lowest BCUT2D eigenvalue weighted by molar-refractivity contribution is -0.119. The van der Waals surface area contributed by atoms with Crippen molar-refractivity contribution < 1.29 is 18.7 Å². The first-order chi connectivity index (χ1) is 9.04. The largest absolute Gasteiger partial charge is 0.441 e. The average molecular weight is 267 g/mol. The van der Waals surface area contributed by atoms with Crippen molar-refractivity contribution in [1.29, 1.82) is 0 Å². The molecule has 7 heteroatoms. The van der Waals surface area contributed by atoms with Gasteiger partial charge in [0.05, 0.1) is 18.8 Å². The third kappa shape index (κ3) is 3.57. The molecule has 0 spiro atoms. The maximum Gasteiger partial charge on any atom is 0.429 e. The summed E-state index contributed by atoms with van der Waals surface area (Å²) in [6.45, 7) is 1.91. The fourth-order valence-electron chi connectivity index (χ4n) is 1.69. The number of halogens is 1. The first kappa shape index (κ1) is 13.1. The van der Waals surface area contributed by atoms with E-state index in [1.165, 1.54) is 30.1 Å². The number of benzene rings is 1. The Bertz CT molecular complexity index is 495. The van der Waals surface area contributed by atoms with Gasteiger partial charge < -0.3 is 10.1 Å². The number of carbonyl (C=O) groups excluding carboxylic acids is 2. The third-order valence-electron chi connectivity index (χ3n) is 2.54. The van der Waals surface area contributed by atoms with E-state index >= 15 is 0 Å². The summed E-state index contributed by atoms with van der Waals surface area (Å²) in [5.41, 5.74) is 3.21. The normalized spacial score (nSPS) is 18.1. The van der Waals surface area contributed by atoms with Gasteiger partial charge >= 0.3 is 6.09 Å². The molecule has 1 aliphatic rings. The molecule has 0 aliphatic carbocycles. The number of anilines is 1. The SMILES string of the molecule is CC(=O)NC[C@H]1CN(Nc2cccc(F)c2)C(=O)O1. The molecule has 19 heavy (non-hydrogen) atoms. The number of cyclic esters (lactones) is 1. The highest BCUT2D eigenvalue weighted by atomic mass is 19.1. The highest BCUT2D eigenvalue weighted by Gasteiger charge is 2.31. The fourth-order valence-corrected chi connectivity index (χ4v) is 1.69. The molecule has 2 N–H and O–H groups in total. The van der Waals surface area contributed by atoms with E-state index in [0.717, 1.165) is 0 Å². The molecule has 6 nitrogen and oxygen atoms in total. The number of hydrogen-bond donors (Lipinski definition) is 2.